The highest BCUT2D eigenvalue weighted by Gasteiger charge is 1.95. The van der Waals surface area contributed by atoms with E-state index in [1.165, 1.54) is 12.1 Å². The first-order valence-electron chi connectivity index (χ1n) is 4.51. The second-order valence-corrected chi connectivity index (χ2v) is 3.16. The monoisotopic (exact) mass is 197 g/mol. The van der Waals surface area contributed by atoms with Gasteiger partial charge in [0.2, 0.25) is 0 Å². The fraction of sp³-hybridized carbons (Fsp3) is 0.273. The number of hydrogen-bond acceptors (Lipinski definition) is 1. The summed E-state index contributed by atoms with van der Waals surface area (Å²) in [6.45, 7) is 0. The van der Waals surface area contributed by atoms with Crippen LogP contribution in [0.1, 0.15) is 18.4 Å². The molecule has 14 heavy (non-hydrogen) atoms. The topological polar surface area (TPSA) is 26.0 Å². The van der Waals surface area contributed by atoms with Gasteiger partial charge in [-0.1, -0.05) is 12.1 Å². The van der Waals surface area contributed by atoms with Gasteiger partial charge in [-0.05, 0) is 37.0 Å². The van der Waals surface area contributed by atoms with Crippen LogP contribution in [-0.2, 0) is 6.42 Å². The van der Waals surface area contributed by atoms with E-state index in [1.54, 1.807) is 12.1 Å². The van der Waals surface area contributed by atoms with Crippen molar-refractivity contribution in [2.75, 3.05) is 0 Å². The Morgan fingerprint density at radius 1 is 1.29 bits per heavy atom. The maximum absolute atomic E-state index is 12.5. The van der Waals surface area contributed by atoms with Crippen LogP contribution < -0.4 is 5.73 Å². The minimum atomic E-state index is -0.239. The van der Waals surface area contributed by atoms with Crippen molar-refractivity contribution in [3.8, 4) is 0 Å². The Morgan fingerprint density at radius 2 is 1.93 bits per heavy atom. The Kier molecular flexibility index (Phi) is 4.11. The average molecular weight is 197 g/mol. The van der Waals surface area contributed by atoms with Crippen molar-refractivity contribution in [2.45, 2.75) is 19.3 Å². The zero-order chi connectivity index (χ0) is 10.4. The minimum Gasteiger partial charge on any atom is -0.400 e. The van der Waals surface area contributed by atoms with Crippen LogP contribution in [0.3, 0.4) is 0 Å². The summed E-state index contributed by atoms with van der Waals surface area (Å²) in [6.07, 6.45) is 2.52. The first-order valence-corrected chi connectivity index (χ1v) is 4.51. The van der Waals surface area contributed by atoms with Crippen molar-refractivity contribution >= 4 is 0 Å². The van der Waals surface area contributed by atoms with E-state index in [0.717, 1.165) is 18.4 Å². The number of rotatable bonds is 4. The molecule has 0 saturated heterocycles. The first-order chi connectivity index (χ1) is 6.72. The van der Waals surface area contributed by atoms with Crippen LogP contribution in [0.25, 0.3) is 0 Å². The highest BCUT2D eigenvalue weighted by Crippen LogP contribution is 2.08. The maximum atomic E-state index is 12.5. The van der Waals surface area contributed by atoms with Crippen molar-refractivity contribution in [1.29, 1.82) is 0 Å². The van der Waals surface area contributed by atoms with Gasteiger partial charge >= 0.3 is 0 Å². The number of benzene rings is 1. The number of hydrogen-bond donors (Lipinski definition) is 1. The molecular weight excluding hydrogens is 184 g/mol. The molecule has 1 aromatic carbocycles. The van der Waals surface area contributed by atoms with Gasteiger partial charge in [0.05, 0.1) is 0 Å². The van der Waals surface area contributed by atoms with Gasteiger partial charge < -0.3 is 5.73 Å². The third-order valence-corrected chi connectivity index (χ3v) is 1.98. The lowest BCUT2D eigenvalue weighted by Gasteiger charge is -2.01. The van der Waals surface area contributed by atoms with Crippen molar-refractivity contribution in [2.24, 2.45) is 5.73 Å². The summed E-state index contributed by atoms with van der Waals surface area (Å²) in [5, 5.41) is 0. The van der Waals surface area contributed by atoms with E-state index in [-0.39, 0.29) is 11.5 Å². The molecule has 0 aromatic heterocycles. The summed E-state index contributed by atoms with van der Waals surface area (Å²) in [4.78, 5) is 0. The molecule has 0 atom stereocenters. The van der Waals surface area contributed by atoms with E-state index >= 15 is 0 Å². The van der Waals surface area contributed by atoms with E-state index in [1.807, 2.05) is 0 Å². The molecule has 0 unspecified atom stereocenters. The highest BCUT2D eigenvalue weighted by atomic mass is 19.1. The Bertz CT molecular complexity index is 304. The van der Waals surface area contributed by atoms with Gasteiger partial charge in [0.15, 0.2) is 0 Å². The van der Waals surface area contributed by atoms with Crippen LogP contribution in [0.2, 0.25) is 0 Å². The van der Waals surface area contributed by atoms with Gasteiger partial charge in [0.1, 0.15) is 12.1 Å². The van der Waals surface area contributed by atoms with Crippen molar-refractivity contribution in [1.82, 2.24) is 0 Å². The van der Waals surface area contributed by atoms with Crippen LogP contribution in [0.4, 0.5) is 8.78 Å². The van der Waals surface area contributed by atoms with Gasteiger partial charge in [0, 0.05) is 5.70 Å². The molecule has 0 aliphatic rings. The molecule has 1 aromatic rings. The lowest BCUT2D eigenvalue weighted by molar-refractivity contribution is 0.626. The molecule has 3 heteroatoms. The van der Waals surface area contributed by atoms with E-state index in [0.29, 0.717) is 12.8 Å². The third-order valence-electron chi connectivity index (χ3n) is 1.98. The molecule has 2 N–H and O–H groups in total. The molecule has 0 heterocycles. The smallest absolute Gasteiger partial charge is 0.123 e. The van der Waals surface area contributed by atoms with Gasteiger partial charge in [0.25, 0.3) is 0 Å². The summed E-state index contributed by atoms with van der Waals surface area (Å²) >= 11 is 0. The molecule has 1 rings (SSSR count). The first kappa shape index (κ1) is 10.7. The SMILES string of the molecule is NC(=CF)CCCc1ccc(F)cc1. The van der Waals surface area contributed by atoms with E-state index in [9.17, 15) is 8.78 Å². The standard InChI is InChI=1S/C11H13F2N/c12-8-11(14)3-1-2-9-4-6-10(13)7-5-9/h4-8H,1-3,14H2. The van der Waals surface area contributed by atoms with Crippen LogP contribution in [0.5, 0.6) is 0 Å². The molecule has 0 aliphatic heterocycles. The number of allylic oxidation sites excluding steroid dienone is 1. The van der Waals surface area contributed by atoms with Gasteiger partial charge in [-0.3, -0.25) is 0 Å². The van der Waals surface area contributed by atoms with Crippen molar-refractivity contribution in [3.63, 3.8) is 0 Å². The normalized spacial score (nSPS) is 11.7. The van der Waals surface area contributed by atoms with Crippen molar-refractivity contribution in [3.05, 3.63) is 47.7 Å². The van der Waals surface area contributed by atoms with Crippen LogP contribution in [-0.4, -0.2) is 0 Å². The maximum Gasteiger partial charge on any atom is 0.123 e. The quantitative estimate of drug-likeness (QED) is 0.789. The molecule has 0 amide bonds. The summed E-state index contributed by atoms with van der Waals surface area (Å²) < 4.78 is 24.3. The molecule has 0 radical (unpaired) electrons. The fourth-order valence-corrected chi connectivity index (χ4v) is 1.20. The molecule has 76 valence electrons. The van der Waals surface area contributed by atoms with E-state index < -0.39 is 0 Å². The van der Waals surface area contributed by atoms with Gasteiger partial charge in [-0.15, -0.1) is 0 Å². The predicted molar refractivity (Wildman–Crippen MR) is 52.7 cm³/mol. The Labute approximate surface area is 82.2 Å². The summed E-state index contributed by atoms with van der Waals surface area (Å²) in [6, 6.07) is 6.29. The molecular formula is C11H13F2N. The minimum absolute atomic E-state index is 0.239. The van der Waals surface area contributed by atoms with Crippen LogP contribution >= 0.6 is 0 Å². The van der Waals surface area contributed by atoms with Crippen LogP contribution in [0, 0.1) is 5.82 Å². The fourth-order valence-electron chi connectivity index (χ4n) is 1.20. The predicted octanol–water partition coefficient (Wildman–Crippen LogP) is 2.92. The lowest BCUT2D eigenvalue weighted by atomic mass is 10.1. The number of aryl methyl sites for hydroxylation is 1. The summed E-state index contributed by atoms with van der Waals surface area (Å²) in [5.74, 6) is -0.239. The lowest BCUT2D eigenvalue weighted by Crippen LogP contribution is -1.97. The zero-order valence-corrected chi connectivity index (χ0v) is 7.84. The number of halogens is 2. The zero-order valence-electron chi connectivity index (χ0n) is 7.84. The Hall–Kier alpha value is -1.38. The molecule has 0 spiro atoms. The van der Waals surface area contributed by atoms with Gasteiger partial charge in [-0.2, -0.15) is 0 Å². The Morgan fingerprint density at radius 3 is 2.50 bits per heavy atom. The average Bonchev–Trinajstić information content (AvgIpc) is 2.21. The summed E-state index contributed by atoms with van der Waals surface area (Å²) in [5.41, 5.74) is 6.58. The highest BCUT2D eigenvalue weighted by molar-refractivity contribution is 5.16. The number of nitrogens with two attached hydrogens (primary N) is 1. The molecule has 0 aliphatic carbocycles. The molecule has 0 bridgehead atoms. The largest absolute Gasteiger partial charge is 0.400 e. The third kappa shape index (κ3) is 3.56. The summed E-state index contributed by atoms with van der Waals surface area (Å²) in [7, 11) is 0. The second-order valence-electron chi connectivity index (χ2n) is 3.16. The second kappa shape index (κ2) is 5.37. The molecule has 0 fully saturated rings. The van der Waals surface area contributed by atoms with Crippen LogP contribution in [0.15, 0.2) is 36.3 Å². The molecule has 1 nitrogen and oxygen atoms in total. The van der Waals surface area contributed by atoms with E-state index in [4.69, 9.17) is 5.73 Å². The van der Waals surface area contributed by atoms with E-state index in [2.05, 4.69) is 0 Å². The molecule has 0 saturated carbocycles. The Balaban J connectivity index is 2.35. The van der Waals surface area contributed by atoms with Crippen molar-refractivity contribution < 1.29 is 8.78 Å². The van der Waals surface area contributed by atoms with Gasteiger partial charge in [-0.25, -0.2) is 8.78 Å².